The Labute approximate surface area is 206 Å². The highest BCUT2D eigenvalue weighted by Gasteiger charge is 2.34. The first-order chi connectivity index (χ1) is 17.0. The third-order valence-electron chi connectivity index (χ3n) is 7.02. The Morgan fingerprint density at radius 3 is 2.23 bits per heavy atom. The lowest BCUT2D eigenvalue weighted by Gasteiger charge is -2.25. The molecule has 2 aromatic rings. The Hall–Kier alpha value is -3.35. The summed E-state index contributed by atoms with van der Waals surface area (Å²) in [6, 6.07) is 16.4. The van der Waals surface area contributed by atoms with Crippen molar-refractivity contribution in [2.24, 2.45) is 11.8 Å². The summed E-state index contributed by atoms with van der Waals surface area (Å²) in [5, 5.41) is 11.9. The van der Waals surface area contributed by atoms with Crippen LogP contribution in [0.5, 0.6) is 0 Å². The smallest absolute Gasteiger partial charge is 0.407 e. The first kappa shape index (κ1) is 24.8. The molecular weight excluding hydrogens is 444 g/mol. The number of nitrogens with one attached hydrogen (secondary N) is 1. The van der Waals surface area contributed by atoms with Gasteiger partial charge in [0.2, 0.25) is 5.91 Å². The van der Waals surface area contributed by atoms with Gasteiger partial charge in [0.1, 0.15) is 6.61 Å². The first-order valence-electron chi connectivity index (χ1n) is 12.6. The SMILES string of the molecule is CCCN(CCC(=O)O)C(=O)CC(CNC(=O)OCC1c2ccccc2-c2ccccc21)C1CC1. The molecule has 1 saturated carbocycles. The average molecular weight is 479 g/mol. The van der Waals surface area contributed by atoms with Gasteiger partial charge in [-0.1, -0.05) is 55.5 Å². The number of carboxylic acid groups (broad SMARTS) is 1. The van der Waals surface area contributed by atoms with Gasteiger partial charge in [0, 0.05) is 32.0 Å². The van der Waals surface area contributed by atoms with Crippen LogP contribution in [-0.4, -0.2) is 54.2 Å². The molecular formula is C28H34N2O5. The molecule has 2 aromatic carbocycles. The topological polar surface area (TPSA) is 95.9 Å². The van der Waals surface area contributed by atoms with Gasteiger partial charge in [0.25, 0.3) is 0 Å². The minimum absolute atomic E-state index is 0.00536. The van der Waals surface area contributed by atoms with Crippen LogP contribution in [-0.2, 0) is 14.3 Å². The van der Waals surface area contributed by atoms with Crippen LogP contribution in [0.1, 0.15) is 56.1 Å². The predicted molar refractivity (Wildman–Crippen MR) is 133 cm³/mol. The Morgan fingerprint density at radius 2 is 1.66 bits per heavy atom. The van der Waals surface area contributed by atoms with Crippen molar-refractivity contribution in [3.05, 3.63) is 59.7 Å². The van der Waals surface area contributed by atoms with Crippen LogP contribution in [0.25, 0.3) is 11.1 Å². The van der Waals surface area contributed by atoms with Crippen LogP contribution in [0, 0.1) is 11.8 Å². The first-order valence-corrected chi connectivity index (χ1v) is 12.6. The molecule has 0 bridgehead atoms. The highest BCUT2D eigenvalue weighted by molar-refractivity contribution is 5.79. The minimum Gasteiger partial charge on any atom is -0.481 e. The van der Waals surface area contributed by atoms with Crippen molar-refractivity contribution < 1.29 is 24.2 Å². The maximum absolute atomic E-state index is 12.9. The summed E-state index contributed by atoms with van der Waals surface area (Å²) >= 11 is 0. The van der Waals surface area contributed by atoms with E-state index in [0.717, 1.165) is 19.3 Å². The number of carbonyl (C=O) groups is 3. The van der Waals surface area contributed by atoms with Crippen LogP contribution < -0.4 is 5.32 Å². The lowest BCUT2D eigenvalue weighted by Crippen LogP contribution is -2.38. The molecule has 2 aliphatic carbocycles. The van der Waals surface area contributed by atoms with Gasteiger partial charge in [0.15, 0.2) is 0 Å². The molecule has 7 nitrogen and oxygen atoms in total. The molecule has 0 aliphatic heterocycles. The normalized spacial score (nSPS) is 15.1. The minimum atomic E-state index is -0.908. The number of carboxylic acids is 1. The van der Waals surface area contributed by atoms with Crippen LogP contribution in [0.3, 0.4) is 0 Å². The third kappa shape index (κ3) is 6.21. The summed E-state index contributed by atoms with van der Waals surface area (Å²) in [4.78, 5) is 38.0. The third-order valence-corrected chi connectivity index (χ3v) is 7.02. The van der Waals surface area contributed by atoms with Gasteiger partial charge in [0.05, 0.1) is 6.42 Å². The summed E-state index contributed by atoms with van der Waals surface area (Å²) in [7, 11) is 0. The second-order valence-corrected chi connectivity index (χ2v) is 9.53. The monoisotopic (exact) mass is 478 g/mol. The van der Waals surface area contributed by atoms with Crippen molar-refractivity contribution in [1.82, 2.24) is 10.2 Å². The molecule has 4 rings (SSSR count). The Kier molecular flexibility index (Phi) is 8.06. The Balaban J connectivity index is 1.30. The number of hydrogen-bond acceptors (Lipinski definition) is 4. The highest BCUT2D eigenvalue weighted by atomic mass is 16.5. The molecule has 186 valence electrons. The van der Waals surface area contributed by atoms with Crippen LogP contribution in [0.15, 0.2) is 48.5 Å². The number of aliphatic carboxylic acids is 1. The lowest BCUT2D eigenvalue weighted by atomic mass is 9.98. The molecule has 2 aliphatic rings. The van der Waals surface area contributed by atoms with E-state index in [2.05, 4.69) is 29.6 Å². The van der Waals surface area contributed by atoms with E-state index in [-0.39, 0.29) is 37.3 Å². The van der Waals surface area contributed by atoms with Gasteiger partial charge in [-0.25, -0.2) is 4.79 Å². The number of carbonyl (C=O) groups excluding carboxylic acids is 2. The van der Waals surface area contributed by atoms with Gasteiger partial charge in [-0.05, 0) is 53.4 Å². The fraction of sp³-hybridized carbons (Fsp3) is 0.464. The largest absolute Gasteiger partial charge is 0.481 e. The molecule has 1 unspecified atom stereocenters. The number of benzene rings is 2. The van der Waals surface area contributed by atoms with E-state index in [1.165, 1.54) is 22.3 Å². The van der Waals surface area contributed by atoms with Crippen molar-refractivity contribution in [2.75, 3.05) is 26.2 Å². The quantitative estimate of drug-likeness (QED) is 0.463. The zero-order chi connectivity index (χ0) is 24.8. The van der Waals surface area contributed by atoms with E-state index in [0.29, 0.717) is 25.4 Å². The number of amides is 2. The summed E-state index contributed by atoms with van der Waals surface area (Å²) in [6.07, 6.45) is 2.66. The molecule has 2 amide bonds. The fourth-order valence-electron chi connectivity index (χ4n) is 5.05. The number of rotatable bonds is 12. The van der Waals surface area contributed by atoms with Gasteiger partial charge in [-0.3, -0.25) is 9.59 Å². The Morgan fingerprint density at radius 1 is 1.03 bits per heavy atom. The van der Waals surface area contributed by atoms with Crippen molar-refractivity contribution >= 4 is 18.0 Å². The second kappa shape index (κ2) is 11.4. The number of ether oxygens (including phenoxy) is 1. The van der Waals surface area contributed by atoms with Crippen molar-refractivity contribution in [3.63, 3.8) is 0 Å². The van der Waals surface area contributed by atoms with Crippen LogP contribution in [0.2, 0.25) is 0 Å². The van der Waals surface area contributed by atoms with E-state index in [9.17, 15) is 14.4 Å². The van der Waals surface area contributed by atoms with Gasteiger partial charge in [-0.15, -0.1) is 0 Å². The van der Waals surface area contributed by atoms with Gasteiger partial charge >= 0.3 is 12.1 Å². The number of nitrogens with zero attached hydrogens (tertiary/aromatic N) is 1. The molecule has 2 N–H and O–H groups in total. The van der Waals surface area contributed by atoms with Gasteiger partial charge in [-0.2, -0.15) is 0 Å². The molecule has 0 aromatic heterocycles. The van der Waals surface area contributed by atoms with Crippen molar-refractivity contribution in [1.29, 1.82) is 0 Å². The van der Waals surface area contributed by atoms with Gasteiger partial charge < -0.3 is 20.1 Å². The van der Waals surface area contributed by atoms with E-state index in [4.69, 9.17) is 9.84 Å². The maximum Gasteiger partial charge on any atom is 0.407 e. The molecule has 0 heterocycles. The summed E-state index contributed by atoms with van der Waals surface area (Å²) in [5.41, 5.74) is 4.70. The summed E-state index contributed by atoms with van der Waals surface area (Å²) in [5.74, 6) is -0.498. The van der Waals surface area contributed by atoms with E-state index in [1.807, 2.05) is 31.2 Å². The van der Waals surface area contributed by atoms with Crippen LogP contribution >= 0.6 is 0 Å². The molecule has 7 heteroatoms. The van der Waals surface area contributed by atoms with Crippen molar-refractivity contribution in [2.45, 2.75) is 44.9 Å². The molecule has 0 spiro atoms. The molecule has 1 fully saturated rings. The second-order valence-electron chi connectivity index (χ2n) is 9.53. The molecule has 35 heavy (non-hydrogen) atoms. The van der Waals surface area contributed by atoms with E-state index < -0.39 is 12.1 Å². The molecule has 1 atom stereocenters. The number of hydrogen-bond donors (Lipinski definition) is 2. The summed E-state index contributed by atoms with van der Waals surface area (Å²) < 4.78 is 5.64. The average Bonchev–Trinajstić information content (AvgIpc) is 3.65. The maximum atomic E-state index is 12.9. The van der Waals surface area contributed by atoms with Crippen molar-refractivity contribution in [3.8, 4) is 11.1 Å². The fourth-order valence-corrected chi connectivity index (χ4v) is 5.05. The summed E-state index contributed by atoms with van der Waals surface area (Å²) in [6.45, 7) is 3.37. The number of alkyl carbamates (subject to hydrolysis) is 1. The van der Waals surface area contributed by atoms with Crippen LogP contribution in [0.4, 0.5) is 4.79 Å². The lowest BCUT2D eigenvalue weighted by molar-refractivity contribution is -0.138. The van der Waals surface area contributed by atoms with E-state index >= 15 is 0 Å². The standard InChI is InChI=1S/C28H34N2O5/c1-2-14-30(15-13-27(32)33)26(31)16-20(19-11-12-19)17-29-28(34)35-18-25-23-9-5-3-7-21(23)22-8-4-6-10-24(22)25/h3-10,19-20,25H,2,11-18H2,1H3,(H,29,34)(H,32,33). The Bertz CT molecular complexity index is 1020. The molecule has 0 radical (unpaired) electrons. The number of fused-ring (bicyclic) bond motifs is 3. The predicted octanol–water partition coefficient (Wildman–Crippen LogP) is 4.65. The van der Waals surface area contributed by atoms with E-state index in [1.54, 1.807) is 4.90 Å². The molecule has 0 saturated heterocycles. The zero-order valence-corrected chi connectivity index (χ0v) is 20.2. The zero-order valence-electron chi connectivity index (χ0n) is 20.2. The highest BCUT2D eigenvalue weighted by Crippen LogP contribution is 2.44.